The Balaban J connectivity index is 2.24. The Hall–Kier alpha value is -2.49. The predicted octanol–water partition coefficient (Wildman–Crippen LogP) is 4.54. The third-order valence-electron chi connectivity index (χ3n) is 4.43. The minimum atomic E-state index is -0.870. The molecule has 2 N–H and O–H groups in total. The fraction of sp³-hybridized carbons (Fsp3) is 0.381. The molecule has 1 unspecified atom stereocenters. The number of rotatable bonds is 7. The SMILES string of the molecule is COc1cc(C(CC(C)(C)Cc2cccc(C)c2)C(=O)O)ccc1O. The van der Waals surface area contributed by atoms with Gasteiger partial charge in [0.15, 0.2) is 11.5 Å². The van der Waals surface area contributed by atoms with Crippen molar-refractivity contribution in [2.75, 3.05) is 7.11 Å². The lowest BCUT2D eigenvalue weighted by Crippen LogP contribution is -2.23. The van der Waals surface area contributed by atoms with Crippen molar-refractivity contribution in [3.8, 4) is 11.5 Å². The summed E-state index contributed by atoms with van der Waals surface area (Å²) in [6.07, 6.45) is 1.29. The van der Waals surface area contributed by atoms with Crippen LogP contribution in [0.1, 0.15) is 42.9 Å². The van der Waals surface area contributed by atoms with Crippen molar-refractivity contribution in [2.24, 2.45) is 5.41 Å². The third-order valence-corrected chi connectivity index (χ3v) is 4.43. The van der Waals surface area contributed by atoms with Crippen LogP contribution >= 0.6 is 0 Å². The Morgan fingerprint density at radius 2 is 1.92 bits per heavy atom. The second kappa shape index (κ2) is 7.60. The highest BCUT2D eigenvalue weighted by molar-refractivity contribution is 5.76. The first-order valence-electron chi connectivity index (χ1n) is 8.37. The van der Waals surface area contributed by atoms with Gasteiger partial charge in [-0.25, -0.2) is 0 Å². The summed E-state index contributed by atoms with van der Waals surface area (Å²) in [6.45, 7) is 6.23. The number of methoxy groups -OCH3 is 1. The van der Waals surface area contributed by atoms with Gasteiger partial charge in [-0.15, -0.1) is 0 Å². The Labute approximate surface area is 149 Å². The van der Waals surface area contributed by atoms with Crippen molar-refractivity contribution in [2.45, 2.75) is 39.5 Å². The number of benzene rings is 2. The van der Waals surface area contributed by atoms with Gasteiger partial charge in [0.25, 0.3) is 0 Å². The fourth-order valence-corrected chi connectivity index (χ4v) is 3.26. The van der Waals surface area contributed by atoms with Crippen LogP contribution in [0.4, 0.5) is 0 Å². The zero-order valence-electron chi connectivity index (χ0n) is 15.2. The van der Waals surface area contributed by atoms with Gasteiger partial charge < -0.3 is 14.9 Å². The molecule has 0 spiro atoms. The number of ether oxygens (including phenoxy) is 1. The molecule has 0 aliphatic heterocycles. The number of carbonyl (C=O) groups is 1. The second-order valence-electron chi connectivity index (χ2n) is 7.36. The van der Waals surface area contributed by atoms with Crippen molar-refractivity contribution in [3.05, 3.63) is 59.2 Å². The second-order valence-corrected chi connectivity index (χ2v) is 7.36. The van der Waals surface area contributed by atoms with Crippen LogP contribution in [0.2, 0.25) is 0 Å². The maximum absolute atomic E-state index is 11.9. The van der Waals surface area contributed by atoms with Crippen LogP contribution in [0.25, 0.3) is 0 Å². The van der Waals surface area contributed by atoms with Crippen molar-refractivity contribution in [1.29, 1.82) is 0 Å². The summed E-state index contributed by atoms with van der Waals surface area (Å²) in [6, 6.07) is 13.0. The number of phenols is 1. The van der Waals surface area contributed by atoms with Crippen LogP contribution in [0.15, 0.2) is 42.5 Å². The number of aromatic hydroxyl groups is 1. The number of carboxylic acid groups (broad SMARTS) is 1. The quantitative estimate of drug-likeness (QED) is 0.775. The Bertz CT molecular complexity index is 749. The van der Waals surface area contributed by atoms with Crippen molar-refractivity contribution >= 4 is 5.97 Å². The van der Waals surface area contributed by atoms with Gasteiger partial charge in [-0.1, -0.05) is 49.7 Å². The lowest BCUT2D eigenvalue weighted by Gasteiger charge is -2.28. The van der Waals surface area contributed by atoms with Gasteiger partial charge in [0.05, 0.1) is 13.0 Å². The Kier molecular flexibility index (Phi) is 5.73. The molecule has 2 aromatic rings. The van der Waals surface area contributed by atoms with Gasteiger partial charge in [-0.3, -0.25) is 4.79 Å². The van der Waals surface area contributed by atoms with E-state index in [4.69, 9.17) is 4.74 Å². The van der Waals surface area contributed by atoms with Crippen LogP contribution in [-0.4, -0.2) is 23.3 Å². The van der Waals surface area contributed by atoms with E-state index in [0.29, 0.717) is 17.7 Å². The van der Waals surface area contributed by atoms with Crippen molar-refractivity contribution in [3.63, 3.8) is 0 Å². The molecule has 0 amide bonds. The lowest BCUT2D eigenvalue weighted by atomic mass is 9.76. The number of aryl methyl sites for hydroxylation is 1. The molecule has 2 aromatic carbocycles. The van der Waals surface area contributed by atoms with Gasteiger partial charge in [0.1, 0.15) is 0 Å². The largest absolute Gasteiger partial charge is 0.504 e. The van der Waals surface area contributed by atoms with E-state index in [1.54, 1.807) is 12.1 Å². The number of aliphatic carboxylic acids is 1. The van der Waals surface area contributed by atoms with E-state index in [0.717, 1.165) is 6.42 Å². The lowest BCUT2D eigenvalue weighted by molar-refractivity contribution is -0.139. The summed E-state index contributed by atoms with van der Waals surface area (Å²) >= 11 is 0. The summed E-state index contributed by atoms with van der Waals surface area (Å²) in [7, 11) is 1.45. The molecule has 1 atom stereocenters. The molecular formula is C21H26O4. The Morgan fingerprint density at radius 1 is 1.20 bits per heavy atom. The molecule has 25 heavy (non-hydrogen) atoms. The maximum Gasteiger partial charge on any atom is 0.310 e. The number of carboxylic acids is 1. The van der Waals surface area contributed by atoms with E-state index in [2.05, 4.69) is 39.0 Å². The molecule has 4 nitrogen and oxygen atoms in total. The third kappa shape index (κ3) is 4.99. The molecule has 0 saturated heterocycles. The first kappa shape index (κ1) is 18.8. The van der Waals surface area contributed by atoms with E-state index >= 15 is 0 Å². The zero-order valence-corrected chi connectivity index (χ0v) is 15.2. The van der Waals surface area contributed by atoms with Gasteiger partial charge in [-0.2, -0.15) is 0 Å². The van der Waals surface area contributed by atoms with E-state index in [9.17, 15) is 15.0 Å². The summed E-state index contributed by atoms with van der Waals surface area (Å²) in [5.74, 6) is -1.23. The molecular weight excluding hydrogens is 316 g/mol. The average Bonchev–Trinajstić information content (AvgIpc) is 2.52. The molecule has 0 bridgehead atoms. The van der Waals surface area contributed by atoms with E-state index in [-0.39, 0.29) is 11.2 Å². The molecule has 0 saturated carbocycles. The first-order chi connectivity index (χ1) is 11.7. The number of hydrogen-bond acceptors (Lipinski definition) is 3. The smallest absolute Gasteiger partial charge is 0.310 e. The fourth-order valence-electron chi connectivity index (χ4n) is 3.26. The predicted molar refractivity (Wildman–Crippen MR) is 98.3 cm³/mol. The highest BCUT2D eigenvalue weighted by atomic mass is 16.5. The molecule has 2 rings (SSSR count). The van der Waals surface area contributed by atoms with Crippen LogP contribution in [0.3, 0.4) is 0 Å². The topological polar surface area (TPSA) is 66.8 Å². The standard InChI is InChI=1S/C21H26O4/c1-14-6-5-7-15(10-14)12-21(2,3)13-17(20(23)24)16-8-9-18(22)19(11-16)25-4/h5-11,17,22H,12-13H2,1-4H3,(H,23,24). The monoisotopic (exact) mass is 342 g/mol. The maximum atomic E-state index is 11.9. The summed E-state index contributed by atoms with van der Waals surface area (Å²) in [5, 5.41) is 19.5. The van der Waals surface area contributed by atoms with E-state index < -0.39 is 11.9 Å². The van der Waals surface area contributed by atoms with Crippen LogP contribution in [0, 0.1) is 12.3 Å². The number of hydrogen-bond donors (Lipinski definition) is 2. The molecule has 0 aliphatic carbocycles. The normalized spacial score (nSPS) is 12.6. The Morgan fingerprint density at radius 3 is 2.52 bits per heavy atom. The molecule has 0 heterocycles. The first-order valence-corrected chi connectivity index (χ1v) is 8.37. The van der Waals surface area contributed by atoms with Crippen LogP contribution in [-0.2, 0) is 11.2 Å². The van der Waals surface area contributed by atoms with Gasteiger partial charge in [-0.05, 0) is 48.4 Å². The van der Waals surface area contributed by atoms with Crippen LogP contribution < -0.4 is 4.74 Å². The molecule has 0 radical (unpaired) electrons. The highest BCUT2D eigenvalue weighted by Gasteiger charge is 2.30. The highest BCUT2D eigenvalue weighted by Crippen LogP contribution is 2.37. The molecule has 134 valence electrons. The summed E-state index contributed by atoms with van der Waals surface area (Å²) in [4.78, 5) is 11.9. The summed E-state index contributed by atoms with van der Waals surface area (Å²) < 4.78 is 5.11. The van der Waals surface area contributed by atoms with E-state index in [1.807, 2.05) is 6.07 Å². The molecule has 0 aromatic heterocycles. The zero-order chi connectivity index (χ0) is 18.6. The molecule has 4 heteroatoms. The summed E-state index contributed by atoms with van der Waals surface area (Å²) in [5.41, 5.74) is 2.85. The number of phenolic OH excluding ortho intramolecular Hbond substituents is 1. The van der Waals surface area contributed by atoms with Crippen LogP contribution in [0.5, 0.6) is 11.5 Å². The van der Waals surface area contributed by atoms with Gasteiger partial charge in [0, 0.05) is 0 Å². The average molecular weight is 342 g/mol. The molecule has 0 aliphatic rings. The minimum Gasteiger partial charge on any atom is -0.504 e. The van der Waals surface area contributed by atoms with Crippen molar-refractivity contribution < 1.29 is 19.7 Å². The van der Waals surface area contributed by atoms with E-state index in [1.165, 1.54) is 24.3 Å². The minimum absolute atomic E-state index is 0.00871. The van der Waals surface area contributed by atoms with Gasteiger partial charge >= 0.3 is 5.97 Å². The van der Waals surface area contributed by atoms with Crippen molar-refractivity contribution in [1.82, 2.24) is 0 Å². The molecule has 0 fully saturated rings. The van der Waals surface area contributed by atoms with Gasteiger partial charge in [0.2, 0.25) is 0 Å².